The van der Waals surface area contributed by atoms with E-state index in [1.807, 2.05) is 17.7 Å². The molecule has 1 N–H and O–H groups in total. The molecule has 0 saturated heterocycles. The molecule has 19 heavy (non-hydrogen) atoms. The van der Waals surface area contributed by atoms with Crippen LogP contribution < -0.4 is 5.32 Å². The molecule has 2 saturated carbocycles. The molecule has 2 aliphatic carbocycles. The molecule has 0 radical (unpaired) electrons. The van der Waals surface area contributed by atoms with Gasteiger partial charge in [-0.25, -0.2) is 4.79 Å². The zero-order valence-electron chi connectivity index (χ0n) is 11.6. The van der Waals surface area contributed by atoms with E-state index in [4.69, 9.17) is 4.74 Å². The molecule has 2 aliphatic rings. The van der Waals surface area contributed by atoms with Crippen LogP contribution in [0.4, 0.5) is 0 Å². The summed E-state index contributed by atoms with van der Waals surface area (Å²) in [6, 6.07) is 2.43. The number of ether oxygens (including phenoxy) is 1. The number of esters is 1. The number of nitrogens with zero attached hydrogens (tertiary/aromatic N) is 2. The third-order valence-corrected chi connectivity index (χ3v) is 4.19. The molecule has 0 amide bonds. The molecule has 5 heteroatoms. The highest BCUT2D eigenvalue weighted by Crippen LogP contribution is 2.43. The first-order chi connectivity index (χ1) is 9.15. The van der Waals surface area contributed by atoms with E-state index in [0.29, 0.717) is 18.5 Å². The van der Waals surface area contributed by atoms with Crippen molar-refractivity contribution >= 4 is 5.97 Å². The van der Waals surface area contributed by atoms with Crippen LogP contribution in [0.3, 0.4) is 0 Å². The lowest BCUT2D eigenvalue weighted by Gasteiger charge is -2.32. The average Bonchev–Trinajstić information content (AvgIpc) is 3.29. The summed E-state index contributed by atoms with van der Waals surface area (Å²) in [5.74, 6) is 0.237. The monoisotopic (exact) mass is 263 g/mol. The number of rotatable bonds is 6. The minimum absolute atomic E-state index is 0.142. The van der Waals surface area contributed by atoms with Gasteiger partial charge in [0.25, 0.3) is 0 Å². The maximum absolute atomic E-state index is 12.4. The molecule has 104 valence electrons. The minimum Gasteiger partial charge on any atom is -0.468 e. The molecule has 1 atom stereocenters. The fraction of sp³-hybridized carbons (Fsp3) is 0.714. The van der Waals surface area contributed by atoms with E-state index < -0.39 is 5.54 Å². The van der Waals surface area contributed by atoms with Gasteiger partial charge in [-0.05, 0) is 44.6 Å². The highest BCUT2D eigenvalue weighted by Gasteiger charge is 2.54. The Morgan fingerprint density at radius 3 is 2.74 bits per heavy atom. The van der Waals surface area contributed by atoms with Crippen molar-refractivity contribution in [1.29, 1.82) is 0 Å². The van der Waals surface area contributed by atoms with Gasteiger partial charge in [-0.15, -0.1) is 0 Å². The van der Waals surface area contributed by atoms with Crippen molar-refractivity contribution < 1.29 is 9.53 Å². The summed E-state index contributed by atoms with van der Waals surface area (Å²) < 4.78 is 7.00. The molecule has 0 aromatic carbocycles. The van der Waals surface area contributed by atoms with Gasteiger partial charge < -0.3 is 4.74 Å². The Balaban J connectivity index is 1.88. The number of aryl methyl sites for hydroxylation is 1. The minimum atomic E-state index is -0.591. The van der Waals surface area contributed by atoms with Crippen molar-refractivity contribution in [2.24, 2.45) is 5.92 Å². The van der Waals surface area contributed by atoms with Gasteiger partial charge in [0.15, 0.2) is 0 Å². The van der Waals surface area contributed by atoms with Gasteiger partial charge in [0.1, 0.15) is 5.54 Å². The van der Waals surface area contributed by atoms with Crippen LogP contribution in [0.1, 0.15) is 31.4 Å². The number of hydrogen-bond donors (Lipinski definition) is 1. The number of aromatic nitrogens is 2. The summed E-state index contributed by atoms with van der Waals surface area (Å²) >= 11 is 0. The molecular weight excluding hydrogens is 242 g/mol. The average molecular weight is 263 g/mol. The van der Waals surface area contributed by atoms with Crippen LogP contribution in [0, 0.1) is 12.8 Å². The Labute approximate surface area is 113 Å². The smallest absolute Gasteiger partial charge is 0.328 e. The molecular formula is C14H21N3O2. The molecule has 0 aliphatic heterocycles. The normalized spacial score (nSPS) is 22.0. The molecule has 3 rings (SSSR count). The third-order valence-electron chi connectivity index (χ3n) is 4.19. The third kappa shape index (κ3) is 2.39. The van der Waals surface area contributed by atoms with Crippen molar-refractivity contribution in [3.05, 3.63) is 18.0 Å². The van der Waals surface area contributed by atoms with E-state index in [1.54, 1.807) is 6.20 Å². The summed E-state index contributed by atoms with van der Waals surface area (Å²) in [5, 5.41) is 7.87. The number of hydrogen-bond acceptors (Lipinski definition) is 4. The van der Waals surface area contributed by atoms with Crippen LogP contribution in [0.5, 0.6) is 0 Å². The molecule has 1 aromatic rings. The van der Waals surface area contributed by atoms with Crippen molar-refractivity contribution in [2.45, 2.75) is 50.7 Å². The molecule has 1 unspecified atom stereocenters. The predicted molar refractivity (Wildman–Crippen MR) is 70.6 cm³/mol. The van der Waals surface area contributed by atoms with Crippen LogP contribution in [0.25, 0.3) is 0 Å². The zero-order valence-corrected chi connectivity index (χ0v) is 11.6. The topological polar surface area (TPSA) is 56.2 Å². The zero-order chi connectivity index (χ0) is 13.5. The van der Waals surface area contributed by atoms with E-state index >= 15 is 0 Å². The van der Waals surface area contributed by atoms with Crippen molar-refractivity contribution in [2.75, 3.05) is 7.11 Å². The second-order valence-corrected chi connectivity index (χ2v) is 5.79. The Bertz CT molecular complexity index is 477. The summed E-state index contributed by atoms with van der Waals surface area (Å²) in [6.45, 7) is 2.58. The maximum atomic E-state index is 12.4. The molecule has 5 nitrogen and oxygen atoms in total. The van der Waals surface area contributed by atoms with E-state index in [0.717, 1.165) is 31.4 Å². The Hall–Kier alpha value is -1.36. The standard InChI is InChI=1S/C14H21N3O2/c1-10-7-8-15-17(10)9-14(11-3-4-11,13(18)19-2)16-12-5-6-12/h7-8,11-12,16H,3-6,9H2,1-2H3. The summed E-state index contributed by atoms with van der Waals surface area (Å²) in [4.78, 5) is 12.4. The fourth-order valence-electron chi connectivity index (χ4n) is 2.73. The molecule has 0 spiro atoms. The fourth-order valence-corrected chi connectivity index (χ4v) is 2.73. The lowest BCUT2D eigenvalue weighted by atomic mass is 9.92. The number of carbonyl (C=O) groups is 1. The Morgan fingerprint density at radius 2 is 2.26 bits per heavy atom. The Kier molecular flexibility index (Phi) is 3.09. The number of carbonyl (C=O) groups excluding carboxylic acids is 1. The van der Waals surface area contributed by atoms with Crippen molar-refractivity contribution in [3.8, 4) is 0 Å². The van der Waals surface area contributed by atoms with E-state index in [-0.39, 0.29) is 5.97 Å². The molecule has 1 aromatic heterocycles. The molecule has 1 heterocycles. The van der Waals surface area contributed by atoms with E-state index in [9.17, 15) is 4.79 Å². The summed E-state index contributed by atoms with van der Waals surface area (Å²) in [6.07, 6.45) is 6.28. The van der Waals surface area contributed by atoms with Gasteiger partial charge in [-0.2, -0.15) is 5.10 Å². The van der Waals surface area contributed by atoms with E-state index in [1.165, 1.54) is 7.11 Å². The van der Waals surface area contributed by atoms with Crippen LogP contribution >= 0.6 is 0 Å². The highest BCUT2D eigenvalue weighted by atomic mass is 16.5. The Morgan fingerprint density at radius 1 is 1.53 bits per heavy atom. The van der Waals surface area contributed by atoms with Crippen LogP contribution in [-0.2, 0) is 16.1 Å². The number of methoxy groups -OCH3 is 1. The first-order valence-corrected chi connectivity index (χ1v) is 7.00. The first-order valence-electron chi connectivity index (χ1n) is 7.00. The molecule has 2 fully saturated rings. The van der Waals surface area contributed by atoms with Crippen molar-refractivity contribution in [3.63, 3.8) is 0 Å². The van der Waals surface area contributed by atoms with Crippen molar-refractivity contribution in [1.82, 2.24) is 15.1 Å². The number of nitrogens with one attached hydrogen (secondary N) is 1. The van der Waals surface area contributed by atoms with Gasteiger partial charge in [0.2, 0.25) is 0 Å². The van der Waals surface area contributed by atoms with Gasteiger partial charge in [-0.1, -0.05) is 0 Å². The lowest BCUT2D eigenvalue weighted by molar-refractivity contribution is -0.150. The summed E-state index contributed by atoms with van der Waals surface area (Å²) in [5.41, 5.74) is 0.485. The largest absolute Gasteiger partial charge is 0.468 e. The van der Waals surface area contributed by atoms with Gasteiger partial charge in [0.05, 0.1) is 13.7 Å². The first kappa shape index (κ1) is 12.7. The van der Waals surface area contributed by atoms with Gasteiger partial charge in [0, 0.05) is 17.9 Å². The quantitative estimate of drug-likeness (QED) is 0.785. The van der Waals surface area contributed by atoms with Gasteiger partial charge >= 0.3 is 5.97 Å². The summed E-state index contributed by atoms with van der Waals surface area (Å²) in [7, 11) is 1.48. The predicted octanol–water partition coefficient (Wildman–Crippen LogP) is 1.27. The van der Waals surface area contributed by atoms with Crippen LogP contribution in [0.2, 0.25) is 0 Å². The highest BCUT2D eigenvalue weighted by molar-refractivity contribution is 5.81. The molecule has 0 bridgehead atoms. The van der Waals surface area contributed by atoms with E-state index in [2.05, 4.69) is 10.4 Å². The second-order valence-electron chi connectivity index (χ2n) is 5.79. The SMILES string of the molecule is COC(=O)C(Cn1nccc1C)(NC1CC1)C1CC1. The lowest BCUT2D eigenvalue weighted by Crippen LogP contribution is -2.58. The van der Waals surface area contributed by atoms with Crippen LogP contribution in [0.15, 0.2) is 12.3 Å². The van der Waals surface area contributed by atoms with Gasteiger partial charge in [-0.3, -0.25) is 10.00 Å². The second kappa shape index (κ2) is 4.63. The van der Waals surface area contributed by atoms with Crippen LogP contribution in [-0.4, -0.2) is 34.4 Å². The maximum Gasteiger partial charge on any atom is 0.328 e.